The summed E-state index contributed by atoms with van der Waals surface area (Å²) < 4.78 is 6.24. The number of nitrogens with one attached hydrogen (secondary N) is 1. The lowest BCUT2D eigenvalue weighted by Gasteiger charge is -2.19. The third-order valence-electron chi connectivity index (χ3n) is 8.36. The van der Waals surface area contributed by atoms with Gasteiger partial charge < -0.3 is 15.2 Å². The van der Waals surface area contributed by atoms with Crippen LogP contribution in [0.1, 0.15) is 91.8 Å². The van der Waals surface area contributed by atoms with Gasteiger partial charge in [0, 0.05) is 27.3 Å². The number of carboxylic acid groups (broad SMARTS) is 1. The van der Waals surface area contributed by atoms with Gasteiger partial charge in [0.1, 0.15) is 23.2 Å². The van der Waals surface area contributed by atoms with Crippen molar-refractivity contribution in [2.24, 2.45) is 5.92 Å². The van der Waals surface area contributed by atoms with Crippen LogP contribution < -0.4 is 10.1 Å². The van der Waals surface area contributed by atoms with Crippen molar-refractivity contribution in [2.75, 3.05) is 0 Å². The minimum absolute atomic E-state index is 0.0593. The number of alkyl halides is 1. The fraction of sp³-hybridized carbons (Fsp3) is 0.395. The molecule has 4 aromatic rings. The number of allylic oxidation sites excluding steroid dienone is 1. The lowest BCUT2D eigenvalue weighted by atomic mass is 9.87. The number of benzene rings is 2. The summed E-state index contributed by atoms with van der Waals surface area (Å²) in [6.07, 6.45) is 9.43. The summed E-state index contributed by atoms with van der Waals surface area (Å²) in [5.41, 5.74) is 2.36. The van der Waals surface area contributed by atoms with E-state index in [1.807, 2.05) is 68.5 Å². The molecule has 2 N–H and O–H groups in total. The first kappa shape index (κ1) is 33.7. The molecule has 1 saturated carbocycles. The molecule has 0 spiro atoms. The van der Waals surface area contributed by atoms with Gasteiger partial charge in [0.2, 0.25) is 0 Å². The van der Waals surface area contributed by atoms with Gasteiger partial charge in [0.15, 0.2) is 0 Å². The zero-order valence-corrected chi connectivity index (χ0v) is 28.8. The number of fused-ring (bicyclic) bond motifs is 1. The minimum Gasteiger partial charge on any atom is -0.480 e. The van der Waals surface area contributed by atoms with E-state index in [-0.39, 0.29) is 17.5 Å². The highest BCUT2D eigenvalue weighted by atomic mass is 35.5. The Labute approximate surface area is 280 Å². The first-order chi connectivity index (χ1) is 21.7. The second-order valence-corrected chi connectivity index (χ2v) is 16.0. The first-order valence-electron chi connectivity index (χ1n) is 16.0. The van der Waals surface area contributed by atoms with E-state index in [9.17, 15) is 14.7 Å². The van der Waals surface area contributed by atoms with Crippen molar-refractivity contribution < 1.29 is 19.4 Å². The molecular formula is C38H43ClN2O4S. The zero-order valence-electron chi connectivity index (χ0n) is 27.2. The van der Waals surface area contributed by atoms with Gasteiger partial charge in [-0.1, -0.05) is 70.7 Å². The predicted molar refractivity (Wildman–Crippen MR) is 188 cm³/mol. The van der Waals surface area contributed by atoms with E-state index in [1.165, 1.54) is 29.7 Å². The number of aliphatic carboxylic acids is 1. The molecule has 0 radical (unpaired) electrons. The highest BCUT2D eigenvalue weighted by Crippen LogP contribution is 2.33. The molecule has 6 nitrogen and oxygen atoms in total. The average Bonchev–Trinajstić information content (AvgIpc) is 3.67. The summed E-state index contributed by atoms with van der Waals surface area (Å²) in [4.78, 5) is 31.9. The number of halogens is 1. The molecule has 2 aromatic heterocycles. The highest BCUT2D eigenvalue weighted by Gasteiger charge is 2.25. The van der Waals surface area contributed by atoms with E-state index in [2.05, 4.69) is 38.2 Å². The number of pyridine rings is 1. The van der Waals surface area contributed by atoms with Gasteiger partial charge in [-0.05, 0) is 91.1 Å². The van der Waals surface area contributed by atoms with E-state index < -0.39 is 22.8 Å². The summed E-state index contributed by atoms with van der Waals surface area (Å²) in [7, 11) is 0. The Morgan fingerprint density at radius 3 is 2.37 bits per heavy atom. The van der Waals surface area contributed by atoms with E-state index in [4.69, 9.17) is 21.3 Å². The number of ether oxygens (including phenoxy) is 1. The van der Waals surface area contributed by atoms with Crippen LogP contribution in [-0.4, -0.2) is 32.9 Å². The predicted octanol–water partition coefficient (Wildman–Crippen LogP) is 9.58. The standard InChI is InChI=1S/C38H43ClN2O4S/c1-37(2,3)26-11-14-27(15-12-26)45-28-13-10-25-21-33(40-32(31(25)22-28)20-24-8-6-7-9-24)35(42)41-34(36(43)44)23-30-17-16-29(46-30)18-19-38(4,5)39/h10-19,21-22,24,34H,6-9,20,23H2,1-5H3,(H,41,42)(H,43,44)/b19-18+/t34-/m0/s1. The molecule has 46 heavy (non-hydrogen) atoms. The third kappa shape index (κ3) is 8.98. The number of rotatable bonds is 11. The Hall–Kier alpha value is -3.68. The number of carbonyl (C=O) groups excluding carboxylic acids is 1. The Morgan fingerprint density at radius 1 is 1.02 bits per heavy atom. The van der Waals surface area contributed by atoms with Gasteiger partial charge >= 0.3 is 5.97 Å². The molecule has 1 aliphatic carbocycles. The van der Waals surface area contributed by atoms with Crippen molar-refractivity contribution in [3.8, 4) is 11.5 Å². The van der Waals surface area contributed by atoms with Crippen LogP contribution in [0.5, 0.6) is 11.5 Å². The van der Waals surface area contributed by atoms with Crippen molar-refractivity contribution in [1.29, 1.82) is 0 Å². The summed E-state index contributed by atoms with van der Waals surface area (Å²) >= 11 is 7.74. The van der Waals surface area contributed by atoms with Crippen molar-refractivity contribution in [3.63, 3.8) is 0 Å². The van der Waals surface area contributed by atoms with Gasteiger partial charge in [-0.15, -0.1) is 22.9 Å². The molecule has 0 saturated heterocycles. The lowest BCUT2D eigenvalue weighted by molar-refractivity contribution is -0.139. The van der Waals surface area contributed by atoms with Crippen LogP contribution in [0.4, 0.5) is 0 Å². The van der Waals surface area contributed by atoms with Crippen LogP contribution in [-0.2, 0) is 23.1 Å². The van der Waals surface area contributed by atoms with E-state index in [0.29, 0.717) is 11.7 Å². The average molecular weight is 659 g/mol. The van der Waals surface area contributed by atoms with Gasteiger partial charge in [-0.2, -0.15) is 0 Å². The summed E-state index contributed by atoms with van der Waals surface area (Å²) in [5, 5.41) is 14.5. The third-order valence-corrected chi connectivity index (χ3v) is 9.56. The largest absolute Gasteiger partial charge is 0.480 e. The molecule has 8 heteroatoms. The van der Waals surface area contributed by atoms with Crippen LogP contribution in [0, 0.1) is 5.92 Å². The van der Waals surface area contributed by atoms with Gasteiger partial charge in [-0.25, -0.2) is 9.78 Å². The molecule has 2 heterocycles. The first-order valence-corrected chi connectivity index (χ1v) is 17.2. The van der Waals surface area contributed by atoms with Crippen LogP contribution in [0.2, 0.25) is 0 Å². The molecule has 0 unspecified atom stereocenters. The lowest BCUT2D eigenvalue weighted by Crippen LogP contribution is -2.42. The molecule has 2 aromatic carbocycles. The van der Waals surface area contributed by atoms with Crippen LogP contribution >= 0.6 is 22.9 Å². The van der Waals surface area contributed by atoms with Crippen LogP contribution in [0.15, 0.2) is 66.7 Å². The number of hydrogen-bond acceptors (Lipinski definition) is 5. The maximum atomic E-state index is 13.5. The number of aromatic nitrogens is 1. The Balaban J connectivity index is 1.38. The monoisotopic (exact) mass is 658 g/mol. The van der Waals surface area contributed by atoms with Crippen molar-refractivity contribution in [1.82, 2.24) is 10.3 Å². The number of carbonyl (C=O) groups is 2. The molecule has 1 amide bonds. The number of hydrogen-bond donors (Lipinski definition) is 2. The maximum Gasteiger partial charge on any atom is 0.326 e. The van der Waals surface area contributed by atoms with Crippen molar-refractivity contribution in [3.05, 3.63) is 93.4 Å². The van der Waals surface area contributed by atoms with E-state index in [0.717, 1.165) is 51.2 Å². The topological polar surface area (TPSA) is 88.5 Å². The van der Waals surface area contributed by atoms with Gasteiger partial charge in [0.25, 0.3) is 5.91 Å². The summed E-state index contributed by atoms with van der Waals surface area (Å²) in [5.74, 6) is 0.368. The summed E-state index contributed by atoms with van der Waals surface area (Å²) in [6, 6.07) is 18.5. The smallest absolute Gasteiger partial charge is 0.326 e. The molecule has 242 valence electrons. The number of nitrogens with zero attached hydrogens (tertiary/aromatic N) is 1. The van der Waals surface area contributed by atoms with Gasteiger partial charge in [0.05, 0.1) is 4.87 Å². The molecular weight excluding hydrogens is 616 g/mol. The number of amides is 1. The molecule has 1 aliphatic rings. The quantitative estimate of drug-likeness (QED) is 0.157. The second-order valence-electron chi connectivity index (χ2n) is 13.8. The van der Waals surface area contributed by atoms with E-state index in [1.54, 1.807) is 6.07 Å². The SMILES string of the molecule is CC(C)(Cl)/C=C/c1ccc(C[C@H](NC(=O)c2cc3ccc(Oc4ccc(C(C)(C)C)cc4)cc3c(CC3CCCC3)n2)C(=O)O)s1. The number of thiophene rings is 1. The molecule has 1 fully saturated rings. The normalized spacial score (nSPS) is 15.0. The van der Waals surface area contributed by atoms with E-state index >= 15 is 0 Å². The van der Waals surface area contributed by atoms with Crippen LogP contribution in [0.25, 0.3) is 16.8 Å². The fourth-order valence-corrected chi connectivity index (χ4v) is 6.81. The highest BCUT2D eigenvalue weighted by molar-refractivity contribution is 7.12. The fourth-order valence-electron chi connectivity index (χ4n) is 5.79. The molecule has 0 aliphatic heterocycles. The molecule has 0 bridgehead atoms. The second kappa shape index (κ2) is 14.0. The number of carboxylic acids is 1. The Kier molecular flexibility index (Phi) is 10.2. The van der Waals surface area contributed by atoms with Crippen molar-refractivity contribution >= 4 is 51.7 Å². The molecule has 1 atom stereocenters. The minimum atomic E-state index is -1.09. The zero-order chi connectivity index (χ0) is 33.1. The van der Waals surface area contributed by atoms with Gasteiger partial charge in [-0.3, -0.25) is 4.79 Å². The van der Waals surface area contributed by atoms with Crippen molar-refractivity contribution in [2.45, 2.75) is 89.5 Å². The maximum absolute atomic E-state index is 13.5. The Morgan fingerprint density at radius 2 is 1.72 bits per heavy atom. The Bertz CT molecular complexity index is 1720. The van der Waals surface area contributed by atoms with Crippen LogP contribution in [0.3, 0.4) is 0 Å². The summed E-state index contributed by atoms with van der Waals surface area (Å²) in [6.45, 7) is 10.3. The molecule has 5 rings (SSSR count).